The van der Waals surface area contributed by atoms with E-state index in [1.807, 2.05) is 54.6 Å². The first-order valence-corrected chi connectivity index (χ1v) is 10.9. The van der Waals surface area contributed by atoms with Crippen LogP contribution in [0, 0.1) is 5.82 Å². The Hall–Kier alpha value is -3.70. The van der Waals surface area contributed by atoms with Crippen molar-refractivity contribution in [2.75, 3.05) is 6.54 Å². The van der Waals surface area contributed by atoms with Crippen molar-refractivity contribution in [1.29, 1.82) is 0 Å². The highest BCUT2D eigenvalue weighted by Gasteiger charge is 2.33. The normalized spacial score (nSPS) is 16.5. The van der Waals surface area contributed by atoms with E-state index in [-0.39, 0.29) is 17.4 Å². The molecular weight excluding hydrogens is 401 g/mol. The predicted molar refractivity (Wildman–Crippen MR) is 125 cm³/mol. The smallest absolute Gasteiger partial charge is 0.252 e. The van der Waals surface area contributed by atoms with Crippen molar-refractivity contribution < 1.29 is 4.39 Å². The maximum Gasteiger partial charge on any atom is 0.252 e. The Morgan fingerprint density at radius 3 is 2.53 bits per heavy atom. The standard InChI is InChI=1S/C27H22FN3O/c28-22-10-4-2-9-21(22)26-25-20(19-8-3-6-12-24(19)29-25)13-14-31(26)16-18-15-17-7-1-5-11-23(17)30-27(18)32/h1-12,15,26,29H,13-14,16H2,(H,30,32). The monoisotopic (exact) mass is 423 g/mol. The van der Waals surface area contributed by atoms with Gasteiger partial charge in [-0.3, -0.25) is 9.69 Å². The number of H-pyrrole nitrogens is 2. The van der Waals surface area contributed by atoms with Gasteiger partial charge in [-0.15, -0.1) is 0 Å². The summed E-state index contributed by atoms with van der Waals surface area (Å²) >= 11 is 0. The lowest BCUT2D eigenvalue weighted by Gasteiger charge is -2.36. The summed E-state index contributed by atoms with van der Waals surface area (Å²) in [7, 11) is 0. The molecule has 1 aliphatic heterocycles. The van der Waals surface area contributed by atoms with E-state index >= 15 is 4.39 Å². The Kier molecular flexibility index (Phi) is 4.44. The van der Waals surface area contributed by atoms with Crippen LogP contribution in [0.25, 0.3) is 21.8 Å². The van der Waals surface area contributed by atoms with Gasteiger partial charge < -0.3 is 9.97 Å². The van der Waals surface area contributed by atoms with Crippen molar-refractivity contribution in [1.82, 2.24) is 14.9 Å². The number of hydrogen-bond donors (Lipinski definition) is 2. The minimum atomic E-state index is -0.293. The molecule has 0 radical (unpaired) electrons. The van der Waals surface area contributed by atoms with Crippen LogP contribution in [0.1, 0.15) is 28.4 Å². The van der Waals surface area contributed by atoms with Crippen LogP contribution >= 0.6 is 0 Å². The maximum atomic E-state index is 15.0. The van der Waals surface area contributed by atoms with Crippen LogP contribution < -0.4 is 5.56 Å². The second kappa shape index (κ2) is 7.46. The molecule has 5 heteroatoms. The number of aromatic amines is 2. The summed E-state index contributed by atoms with van der Waals surface area (Å²) in [6.45, 7) is 1.17. The lowest BCUT2D eigenvalue weighted by molar-refractivity contribution is 0.197. The fourth-order valence-corrected chi connectivity index (χ4v) is 5.04. The third kappa shape index (κ3) is 3.05. The van der Waals surface area contributed by atoms with E-state index < -0.39 is 0 Å². The third-order valence-electron chi connectivity index (χ3n) is 6.54. The largest absolute Gasteiger partial charge is 0.357 e. The number of nitrogens with one attached hydrogen (secondary N) is 2. The first-order chi connectivity index (χ1) is 15.7. The van der Waals surface area contributed by atoms with E-state index in [4.69, 9.17) is 0 Å². The van der Waals surface area contributed by atoms with Gasteiger partial charge in [-0.2, -0.15) is 0 Å². The van der Waals surface area contributed by atoms with Crippen molar-refractivity contribution in [3.8, 4) is 0 Å². The summed E-state index contributed by atoms with van der Waals surface area (Å²) in [4.78, 5) is 21.6. The zero-order valence-corrected chi connectivity index (χ0v) is 17.4. The molecule has 1 aliphatic rings. The summed E-state index contributed by atoms with van der Waals surface area (Å²) in [5, 5.41) is 2.18. The van der Waals surface area contributed by atoms with E-state index in [0.29, 0.717) is 17.7 Å². The molecule has 0 fully saturated rings. The van der Waals surface area contributed by atoms with E-state index in [0.717, 1.165) is 35.1 Å². The van der Waals surface area contributed by atoms with Crippen LogP contribution in [0.15, 0.2) is 83.7 Å². The van der Waals surface area contributed by atoms with Crippen LogP contribution in [-0.2, 0) is 13.0 Å². The average Bonchev–Trinajstić information content (AvgIpc) is 3.19. The molecule has 6 rings (SSSR count). The number of hydrogen-bond acceptors (Lipinski definition) is 2. The van der Waals surface area contributed by atoms with Gasteiger partial charge in [0.2, 0.25) is 0 Å². The maximum absolute atomic E-state index is 15.0. The highest BCUT2D eigenvalue weighted by Crippen LogP contribution is 2.39. The van der Waals surface area contributed by atoms with Gasteiger partial charge in [-0.25, -0.2) is 4.39 Å². The summed E-state index contributed by atoms with van der Waals surface area (Å²) in [6, 6.07) is 24.6. The minimum Gasteiger partial charge on any atom is -0.357 e. The predicted octanol–water partition coefficient (Wildman–Crippen LogP) is 5.30. The van der Waals surface area contributed by atoms with Crippen LogP contribution in [0.5, 0.6) is 0 Å². The molecule has 1 atom stereocenters. The van der Waals surface area contributed by atoms with Gasteiger partial charge in [0.15, 0.2) is 0 Å². The zero-order chi connectivity index (χ0) is 21.7. The van der Waals surface area contributed by atoms with Gasteiger partial charge in [0, 0.05) is 46.3 Å². The number of halogens is 1. The van der Waals surface area contributed by atoms with Crippen molar-refractivity contribution in [3.05, 3.63) is 117 Å². The van der Waals surface area contributed by atoms with Crippen molar-refractivity contribution in [2.24, 2.45) is 0 Å². The van der Waals surface area contributed by atoms with Crippen molar-refractivity contribution in [2.45, 2.75) is 19.0 Å². The van der Waals surface area contributed by atoms with Crippen molar-refractivity contribution >= 4 is 21.8 Å². The number of rotatable bonds is 3. The Morgan fingerprint density at radius 2 is 1.66 bits per heavy atom. The molecule has 158 valence electrons. The molecule has 3 aromatic carbocycles. The van der Waals surface area contributed by atoms with Gasteiger partial charge in [0.25, 0.3) is 5.56 Å². The Balaban J connectivity index is 1.49. The molecule has 0 spiro atoms. The molecule has 5 aromatic rings. The van der Waals surface area contributed by atoms with Gasteiger partial charge in [0.05, 0.1) is 6.04 Å². The molecular formula is C27H22FN3O. The minimum absolute atomic E-state index is 0.0987. The second-order valence-electron chi connectivity index (χ2n) is 8.42. The van der Waals surface area contributed by atoms with Gasteiger partial charge >= 0.3 is 0 Å². The first kappa shape index (κ1) is 19.0. The average molecular weight is 423 g/mol. The molecule has 1 unspecified atom stereocenters. The molecule has 0 saturated carbocycles. The van der Waals surface area contributed by atoms with Crippen LogP contribution in [-0.4, -0.2) is 21.4 Å². The molecule has 3 heterocycles. The third-order valence-corrected chi connectivity index (χ3v) is 6.54. The summed E-state index contributed by atoms with van der Waals surface area (Å²) in [5.41, 5.74) is 5.34. The van der Waals surface area contributed by atoms with Crippen LogP contribution in [0.2, 0.25) is 0 Å². The summed E-state index contributed by atoms with van der Waals surface area (Å²) in [5.74, 6) is -0.235. The Morgan fingerprint density at radius 1 is 0.906 bits per heavy atom. The number of pyridine rings is 1. The first-order valence-electron chi connectivity index (χ1n) is 10.9. The molecule has 2 aromatic heterocycles. The number of fused-ring (bicyclic) bond motifs is 4. The van der Waals surface area contributed by atoms with Gasteiger partial charge in [-0.05, 0) is 41.6 Å². The SMILES string of the molecule is O=c1[nH]c2ccccc2cc1CN1CCc2c([nH]c3ccccc23)C1c1ccccc1F. The topological polar surface area (TPSA) is 51.9 Å². The fraction of sp³-hybridized carbons (Fsp3) is 0.148. The van der Waals surface area contributed by atoms with Gasteiger partial charge in [0.1, 0.15) is 5.82 Å². The van der Waals surface area contributed by atoms with Crippen LogP contribution in [0.3, 0.4) is 0 Å². The van der Waals surface area contributed by atoms with Crippen LogP contribution in [0.4, 0.5) is 4.39 Å². The zero-order valence-electron chi connectivity index (χ0n) is 17.4. The molecule has 0 saturated heterocycles. The highest BCUT2D eigenvalue weighted by atomic mass is 19.1. The second-order valence-corrected chi connectivity index (χ2v) is 8.42. The van der Waals surface area contributed by atoms with E-state index in [1.54, 1.807) is 6.07 Å². The number of benzene rings is 3. The molecule has 0 amide bonds. The lowest BCUT2D eigenvalue weighted by atomic mass is 9.91. The Labute approximate surface area is 184 Å². The fourth-order valence-electron chi connectivity index (χ4n) is 5.04. The number of para-hydroxylation sites is 2. The van der Waals surface area contributed by atoms with E-state index in [9.17, 15) is 4.79 Å². The summed E-state index contributed by atoms with van der Waals surface area (Å²) < 4.78 is 15.0. The highest BCUT2D eigenvalue weighted by molar-refractivity contribution is 5.85. The molecule has 32 heavy (non-hydrogen) atoms. The van der Waals surface area contributed by atoms with Gasteiger partial charge in [-0.1, -0.05) is 54.6 Å². The number of nitrogens with zero attached hydrogens (tertiary/aromatic N) is 1. The number of aromatic nitrogens is 2. The van der Waals surface area contributed by atoms with E-state index in [2.05, 4.69) is 27.0 Å². The molecule has 0 aliphatic carbocycles. The lowest BCUT2D eigenvalue weighted by Crippen LogP contribution is -2.37. The molecule has 2 N–H and O–H groups in total. The molecule has 0 bridgehead atoms. The van der Waals surface area contributed by atoms with E-state index in [1.165, 1.54) is 17.0 Å². The molecule has 4 nitrogen and oxygen atoms in total. The van der Waals surface area contributed by atoms with Crippen molar-refractivity contribution in [3.63, 3.8) is 0 Å². The quantitative estimate of drug-likeness (QED) is 0.414. The Bertz CT molecular complexity index is 1520. The summed E-state index contributed by atoms with van der Waals surface area (Å²) in [6.07, 6.45) is 0.843.